The second-order valence-corrected chi connectivity index (χ2v) is 8.13. The maximum atomic E-state index is 13.7. The van der Waals surface area contributed by atoms with Crippen LogP contribution in [0.5, 0.6) is 0 Å². The highest BCUT2D eigenvalue weighted by Crippen LogP contribution is 2.54. The maximum Gasteiger partial charge on any atom is 0.416 e. The van der Waals surface area contributed by atoms with Crippen molar-refractivity contribution in [3.05, 3.63) is 88.5 Å². The number of benzene rings is 3. The molecule has 3 aromatic rings. The number of rotatable bonds is 4. The molecule has 0 aromatic heterocycles. The summed E-state index contributed by atoms with van der Waals surface area (Å²) in [6.45, 7) is 0.506. The Morgan fingerprint density at radius 2 is 1.52 bits per heavy atom. The Hall–Kier alpha value is -3.71. The molecule has 0 fully saturated rings. The number of ketones is 1. The molecule has 0 atom stereocenters. The molecule has 33 heavy (non-hydrogen) atoms. The van der Waals surface area contributed by atoms with Gasteiger partial charge in [-0.25, -0.2) is 0 Å². The first kappa shape index (κ1) is 21.2. The number of carbonyl (C=O) groups excluding carboxylic acids is 2. The number of amides is 1. The third-order valence-corrected chi connectivity index (χ3v) is 6.17. The number of hydrogen-bond acceptors (Lipinski definition) is 3. The molecule has 3 aromatic carbocycles. The molecule has 4 nitrogen and oxygen atoms in total. The third kappa shape index (κ3) is 3.11. The zero-order chi connectivity index (χ0) is 23.5. The molecule has 0 heterocycles. The molecule has 0 unspecified atom stereocenters. The quantitative estimate of drug-likeness (QED) is 0.597. The van der Waals surface area contributed by atoms with Gasteiger partial charge < -0.3 is 10.6 Å². The lowest BCUT2D eigenvalue weighted by Crippen LogP contribution is -2.34. The zero-order valence-corrected chi connectivity index (χ0v) is 17.7. The van der Waals surface area contributed by atoms with Crippen LogP contribution in [0.4, 0.5) is 13.2 Å². The number of fused-ring (bicyclic) bond motifs is 3. The normalized spacial score (nSPS) is 15.0. The Morgan fingerprint density at radius 3 is 2.09 bits per heavy atom. The van der Waals surface area contributed by atoms with Crippen molar-refractivity contribution < 1.29 is 22.8 Å². The predicted molar refractivity (Wildman–Crippen MR) is 121 cm³/mol. The van der Waals surface area contributed by atoms with E-state index in [4.69, 9.17) is 5.73 Å². The van der Waals surface area contributed by atoms with Gasteiger partial charge in [-0.2, -0.15) is 13.2 Å². The lowest BCUT2D eigenvalue weighted by molar-refractivity contribution is -0.137. The first-order valence-corrected chi connectivity index (χ1v) is 10.4. The lowest BCUT2D eigenvalue weighted by Gasteiger charge is -2.17. The second kappa shape index (κ2) is 7.42. The zero-order valence-electron chi connectivity index (χ0n) is 17.7. The van der Waals surface area contributed by atoms with E-state index >= 15 is 0 Å². The number of halogens is 3. The van der Waals surface area contributed by atoms with E-state index in [9.17, 15) is 22.8 Å². The van der Waals surface area contributed by atoms with E-state index in [-0.39, 0.29) is 24.2 Å². The van der Waals surface area contributed by atoms with E-state index in [0.717, 1.165) is 34.0 Å². The summed E-state index contributed by atoms with van der Waals surface area (Å²) in [6.07, 6.45) is -4.49. The molecule has 2 aliphatic carbocycles. The Kier molecular flexibility index (Phi) is 4.76. The van der Waals surface area contributed by atoms with E-state index in [1.807, 2.05) is 36.4 Å². The van der Waals surface area contributed by atoms with E-state index in [2.05, 4.69) is 0 Å². The van der Waals surface area contributed by atoms with Gasteiger partial charge in [-0.1, -0.05) is 48.5 Å². The Balaban J connectivity index is 1.77. The van der Waals surface area contributed by atoms with Gasteiger partial charge in [0.15, 0.2) is 5.78 Å². The summed E-state index contributed by atoms with van der Waals surface area (Å²) < 4.78 is 39.3. The fourth-order valence-electron chi connectivity index (χ4n) is 4.69. The van der Waals surface area contributed by atoms with Gasteiger partial charge in [-0.05, 0) is 39.6 Å². The molecule has 2 N–H and O–H groups in total. The van der Waals surface area contributed by atoms with Crippen LogP contribution in [0.15, 0.2) is 66.2 Å². The minimum atomic E-state index is -4.49. The molecule has 1 amide bonds. The average Bonchev–Trinajstić information content (AvgIpc) is 3.26. The van der Waals surface area contributed by atoms with Crippen LogP contribution in [0.2, 0.25) is 0 Å². The van der Waals surface area contributed by atoms with Gasteiger partial charge in [0.2, 0.25) is 0 Å². The van der Waals surface area contributed by atoms with Gasteiger partial charge in [0, 0.05) is 36.9 Å². The van der Waals surface area contributed by atoms with Crippen LogP contribution >= 0.6 is 0 Å². The number of nitrogens with two attached hydrogens (primary N) is 1. The highest BCUT2D eigenvalue weighted by molar-refractivity contribution is 6.56. The average molecular weight is 448 g/mol. The van der Waals surface area contributed by atoms with Crippen molar-refractivity contribution in [3.8, 4) is 0 Å². The summed E-state index contributed by atoms with van der Waals surface area (Å²) in [4.78, 5) is 28.4. The van der Waals surface area contributed by atoms with Crippen molar-refractivity contribution in [3.63, 3.8) is 0 Å². The molecule has 166 valence electrons. The minimum Gasteiger partial charge on any atom is -0.340 e. The lowest BCUT2D eigenvalue weighted by atomic mass is 9.94. The second-order valence-electron chi connectivity index (χ2n) is 8.13. The van der Waals surface area contributed by atoms with E-state index in [1.54, 1.807) is 7.05 Å². The van der Waals surface area contributed by atoms with Gasteiger partial charge in [0.1, 0.15) is 0 Å². The van der Waals surface area contributed by atoms with E-state index < -0.39 is 23.4 Å². The van der Waals surface area contributed by atoms with Crippen LogP contribution in [0.1, 0.15) is 22.3 Å². The molecule has 0 aliphatic heterocycles. The largest absolute Gasteiger partial charge is 0.416 e. The van der Waals surface area contributed by atoms with Gasteiger partial charge in [-0.15, -0.1) is 0 Å². The van der Waals surface area contributed by atoms with Crippen molar-refractivity contribution in [1.82, 2.24) is 4.90 Å². The summed E-state index contributed by atoms with van der Waals surface area (Å²) in [5.74, 6) is -0.940. The van der Waals surface area contributed by atoms with Crippen LogP contribution in [0, 0.1) is 0 Å². The number of alkyl halides is 3. The predicted octanol–water partition coefficient (Wildman–Crippen LogP) is 4.54. The molecule has 5 rings (SSSR count). The van der Waals surface area contributed by atoms with Crippen LogP contribution in [-0.2, 0) is 15.8 Å². The number of likely N-dealkylation sites (N-methyl/N-ethyl adjacent to an activating group) is 1. The minimum absolute atomic E-state index is 0.0274. The van der Waals surface area contributed by atoms with Crippen molar-refractivity contribution >= 4 is 39.2 Å². The monoisotopic (exact) mass is 448 g/mol. The summed E-state index contributed by atoms with van der Waals surface area (Å²) >= 11 is 0. The van der Waals surface area contributed by atoms with Crippen molar-refractivity contribution in [2.24, 2.45) is 5.73 Å². The summed E-state index contributed by atoms with van der Waals surface area (Å²) in [5.41, 5.74) is 8.12. The maximum absolute atomic E-state index is 13.7. The first-order chi connectivity index (χ1) is 15.7. The third-order valence-electron chi connectivity index (χ3n) is 6.17. The molecule has 0 saturated carbocycles. The van der Waals surface area contributed by atoms with E-state index in [1.165, 1.54) is 17.0 Å². The van der Waals surface area contributed by atoms with Crippen molar-refractivity contribution in [1.29, 1.82) is 0 Å². The highest BCUT2D eigenvalue weighted by atomic mass is 19.4. The molecule has 0 spiro atoms. The summed E-state index contributed by atoms with van der Waals surface area (Å²) in [7, 11) is 1.58. The number of allylic oxidation sites excluding steroid dienone is 3. The smallest absolute Gasteiger partial charge is 0.340 e. The van der Waals surface area contributed by atoms with E-state index in [0.29, 0.717) is 16.7 Å². The number of Topliss-reactive ketones (excluding diaryl/α,β-unsaturated/α-hetero) is 1. The SMILES string of the molecule is CN(CCN)C(=O)C1=C2C(=C(c3ccc(C(F)(F)F)cc3)C1=O)c1cccc3cccc2c13. The Morgan fingerprint density at radius 1 is 0.909 bits per heavy atom. The van der Waals surface area contributed by atoms with Crippen LogP contribution < -0.4 is 5.73 Å². The van der Waals surface area contributed by atoms with Gasteiger partial charge in [0.25, 0.3) is 5.91 Å². The number of hydrogen-bond donors (Lipinski definition) is 1. The Labute approximate surface area is 187 Å². The van der Waals surface area contributed by atoms with Gasteiger partial charge >= 0.3 is 6.18 Å². The first-order valence-electron chi connectivity index (χ1n) is 10.4. The standard InChI is InChI=1S/C26H19F3N2O2/c1-31(13-12-30)25(33)23-22-18-7-3-5-14-4-2-6-17(19(14)18)21(22)20(24(23)32)15-8-10-16(11-9-15)26(27,28)29/h2-11H,12-13,30H2,1H3. The Bertz CT molecular complexity index is 1390. The van der Waals surface area contributed by atoms with Crippen LogP contribution in [0.25, 0.3) is 27.5 Å². The van der Waals surface area contributed by atoms with Gasteiger partial charge in [0.05, 0.1) is 11.1 Å². The van der Waals surface area contributed by atoms with Crippen LogP contribution in [0.3, 0.4) is 0 Å². The molecule has 0 radical (unpaired) electrons. The molecular formula is C26H19F3N2O2. The van der Waals surface area contributed by atoms with Crippen molar-refractivity contribution in [2.45, 2.75) is 6.18 Å². The molecule has 2 aliphatic rings. The highest BCUT2D eigenvalue weighted by Gasteiger charge is 2.43. The fourth-order valence-corrected chi connectivity index (χ4v) is 4.69. The number of carbonyl (C=O) groups is 2. The molecule has 7 heteroatoms. The number of nitrogens with zero attached hydrogens (tertiary/aromatic N) is 1. The molecule has 0 saturated heterocycles. The van der Waals surface area contributed by atoms with Crippen molar-refractivity contribution in [2.75, 3.05) is 20.1 Å². The topological polar surface area (TPSA) is 63.4 Å². The summed E-state index contributed by atoms with van der Waals surface area (Å²) in [5, 5.41) is 1.88. The van der Waals surface area contributed by atoms with Crippen LogP contribution in [-0.4, -0.2) is 36.7 Å². The summed E-state index contributed by atoms with van der Waals surface area (Å²) in [6, 6.07) is 15.9. The molecule has 0 bridgehead atoms. The molecular weight excluding hydrogens is 429 g/mol. The fraction of sp³-hybridized carbons (Fsp3) is 0.154. The van der Waals surface area contributed by atoms with Gasteiger partial charge in [-0.3, -0.25) is 9.59 Å².